The van der Waals surface area contributed by atoms with E-state index in [9.17, 15) is 13.2 Å². The molecule has 5 aromatic rings. The molecule has 4 nitrogen and oxygen atoms in total. The molecule has 4 atom stereocenters. The number of halogens is 4. The standard InChI is InChI=1S/C40H25ClF3NO3/c41-29-22-21-28(40(42,43)44)23-30(29)45-35(46)33-34(36(45)47)39(27-19-11-4-12-20-27)32(25-15-7-2-8-16-25)31(24-13-5-1-6-14-24)38(33,37(39)48)26-17-9-3-10-18-26/h1-23,33-34H/t33-,34-,38-,39+/m1/s1. The minimum atomic E-state index is -4.75. The second-order valence-corrected chi connectivity index (χ2v) is 12.7. The first-order chi connectivity index (χ1) is 23.1. The van der Waals surface area contributed by atoms with Crippen molar-refractivity contribution >= 4 is 46.0 Å². The average Bonchev–Trinajstić information content (AvgIpc) is 3.61. The highest BCUT2D eigenvalue weighted by atomic mass is 35.5. The van der Waals surface area contributed by atoms with Crippen molar-refractivity contribution in [2.24, 2.45) is 11.8 Å². The van der Waals surface area contributed by atoms with Crippen molar-refractivity contribution in [3.8, 4) is 0 Å². The molecule has 8 rings (SSSR count). The van der Waals surface area contributed by atoms with E-state index in [0.717, 1.165) is 23.1 Å². The molecule has 2 bridgehead atoms. The highest BCUT2D eigenvalue weighted by Crippen LogP contribution is 2.74. The first-order valence-corrected chi connectivity index (χ1v) is 15.8. The molecule has 3 aliphatic rings. The Kier molecular flexibility index (Phi) is 6.66. The van der Waals surface area contributed by atoms with Crippen LogP contribution in [0.25, 0.3) is 11.1 Å². The summed E-state index contributed by atoms with van der Waals surface area (Å²) in [6.45, 7) is 0. The number of Topliss-reactive ketones (excluding diaryl/α,β-unsaturated/α-hetero) is 1. The number of benzene rings is 5. The van der Waals surface area contributed by atoms with Crippen LogP contribution in [0.5, 0.6) is 0 Å². The van der Waals surface area contributed by atoms with Crippen molar-refractivity contribution in [3.05, 3.63) is 172 Å². The Hall–Kier alpha value is -5.27. The van der Waals surface area contributed by atoms with E-state index in [1.54, 1.807) is 60.7 Å². The summed E-state index contributed by atoms with van der Waals surface area (Å²) >= 11 is 6.49. The molecule has 1 saturated heterocycles. The Bertz CT molecular complexity index is 2030. The number of allylic oxidation sites excluding steroid dienone is 2. The van der Waals surface area contributed by atoms with Crippen molar-refractivity contribution in [2.45, 2.75) is 17.0 Å². The largest absolute Gasteiger partial charge is 0.416 e. The maximum absolute atomic E-state index is 15.8. The molecule has 2 aliphatic carbocycles. The second-order valence-electron chi connectivity index (χ2n) is 12.3. The minimum Gasteiger partial charge on any atom is -0.297 e. The van der Waals surface area contributed by atoms with Gasteiger partial charge >= 0.3 is 6.18 Å². The molecule has 1 saturated carbocycles. The third-order valence-electron chi connectivity index (χ3n) is 10.1. The van der Waals surface area contributed by atoms with E-state index in [2.05, 4.69) is 0 Å². The lowest BCUT2D eigenvalue weighted by Gasteiger charge is -2.39. The third-order valence-corrected chi connectivity index (χ3v) is 10.4. The van der Waals surface area contributed by atoms with Crippen LogP contribution in [-0.4, -0.2) is 17.6 Å². The number of nitrogens with zero attached hydrogens (tertiary/aromatic N) is 1. The van der Waals surface area contributed by atoms with Crippen molar-refractivity contribution < 1.29 is 27.6 Å². The van der Waals surface area contributed by atoms with E-state index in [1.165, 1.54) is 0 Å². The van der Waals surface area contributed by atoms with Crippen LogP contribution in [0.4, 0.5) is 18.9 Å². The monoisotopic (exact) mass is 659 g/mol. The molecule has 236 valence electrons. The van der Waals surface area contributed by atoms with E-state index in [0.29, 0.717) is 33.4 Å². The molecule has 0 unspecified atom stereocenters. The molecule has 2 fully saturated rings. The zero-order valence-electron chi connectivity index (χ0n) is 25.1. The van der Waals surface area contributed by atoms with Gasteiger partial charge in [0.2, 0.25) is 11.8 Å². The number of fused-ring (bicyclic) bond motifs is 5. The third kappa shape index (κ3) is 3.82. The molecule has 0 spiro atoms. The Morgan fingerprint density at radius 1 is 0.562 bits per heavy atom. The van der Waals surface area contributed by atoms with Crippen molar-refractivity contribution in [2.75, 3.05) is 4.90 Å². The smallest absolute Gasteiger partial charge is 0.297 e. The van der Waals surface area contributed by atoms with Crippen molar-refractivity contribution in [1.82, 2.24) is 0 Å². The minimum absolute atomic E-state index is 0.189. The maximum Gasteiger partial charge on any atom is 0.416 e. The van der Waals surface area contributed by atoms with Gasteiger partial charge in [0.25, 0.3) is 0 Å². The zero-order chi connectivity index (χ0) is 33.4. The zero-order valence-corrected chi connectivity index (χ0v) is 25.9. The van der Waals surface area contributed by atoms with Crippen LogP contribution in [0.3, 0.4) is 0 Å². The van der Waals surface area contributed by atoms with Crippen LogP contribution in [0, 0.1) is 11.8 Å². The fourth-order valence-corrected chi connectivity index (χ4v) is 8.63. The average molecular weight is 660 g/mol. The second kappa shape index (κ2) is 10.6. The van der Waals surface area contributed by atoms with Gasteiger partial charge in [0.05, 0.1) is 38.9 Å². The number of anilines is 1. The van der Waals surface area contributed by atoms with Crippen LogP contribution in [0.15, 0.2) is 140 Å². The van der Waals surface area contributed by atoms with Crippen molar-refractivity contribution in [1.29, 1.82) is 0 Å². The number of imide groups is 1. The van der Waals surface area contributed by atoms with Gasteiger partial charge in [-0.15, -0.1) is 0 Å². The molecular formula is C40H25ClF3NO3. The van der Waals surface area contributed by atoms with Crippen molar-refractivity contribution in [3.63, 3.8) is 0 Å². The van der Waals surface area contributed by atoms with E-state index >= 15 is 14.4 Å². The number of ketones is 1. The molecule has 1 aliphatic heterocycles. The van der Waals surface area contributed by atoms with E-state index in [1.807, 2.05) is 60.7 Å². The van der Waals surface area contributed by atoms with Gasteiger partial charge in [0.15, 0.2) is 5.78 Å². The number of amides is 2. The van der Waals surface area contributed by atoms with Gasteiger partial charge in [0, 0.05) is 0 Å². The fourth-order valence-electron chi connectivity index (χ4n) is 8.43. The molecule has 0 radical (unpaired) electrons. The summed E-state index contributed by atoms with van der Waals surface area (Å²) in [5, 5.41) is -0.189. The van der Waals surface area contributed by atoms with Gasteiger partial charge in [-0.25, -0.2) is 4.90 Å². The maximum atomic E-state index is 15.8. The van der Waals surface area contributed by atoms with E-state index in [4.69, 9.17) is 11.6 Å². The highest BCUT2D eigenvalue weighted by molar-refractivity contribution is 6.41. The number of rotatable bonds is 5. The van der Waals surface area contributed by atoms with Crippen LogP contribution in [0.2, 0.25) is 5.02 Å². The van der Waals surface area contributed by atoms with Gasteiger partial charge < -0.3 is 0 Å². The van der Waals surface area contributed by atoms with Crippen LogP contribution in [0.1, 0.15) is 27.8 Å². The lowest BCUT2D eigenvalue weighted by Crippen LogP contribution is -2.45. The summed E-state index contributed by atoms with van der Waals surface area (Å²) in [5.41, 5.74) is -1.16. The van der Waals surface area contributed by atoms with E-state index < -0.39 is 46.2 Å². The van der Waals surface area contributed by atoms with Gasteiger partial charge in [-0.05, 0) is 51.6 Å². The number of carbonyl (C=O) groups is 3. The van der Waals surface area contributed by atoms with Gasteiger partial charge in [0.1, 0.15) is 0 Å². The predicted octanol–water partition coefficient (Wildman–Crippen LogP) is 8.55. The summed E-state index contributed by atoms with van der Waals surface area (Å²) in [6, 6.07) is 39.1. The molecule has 48 heavy (non-hydrogen) atoms. The SMILES string of the molecule is O=C1[C@H]2[C@H](C(=O)N1c1cc(C(F)(F)F)ccc1Cl)[C@]1(c3ccccc3)C(=O)[C@@]2(c2ccccc2)C(c2ccccc2)=C1c1ccccc1. The Morgan fingerprint density at radius 3 is 1.35 bits per heavy atom. The Balaban J connectivity index is 1.53. The predicted molar refractivity (Wildman–Crippen MR) is 177 cm³/mol. The normalized spacial score (nSPS) is 24.8. The summed E-state index contributed by atoms with van der Waals surface area (Å²) in [5.74, 6) is -4.44. The van der Waals surface area contributed by atoms with Gasteiger partial charge in [-0.3, -0.25) is 14.4 Å². The van der Waals surface area contributed by atoms with Gasteiger partial charge in [-0.2, -0.15) is 13.2 Å². The van der Waals surface area contributed by atoms with Crippen LogP contribution >= 0.6 is 11.6 Å². The summed E-state index contributed by atoms with van der Waals surface area (Å²) in [4.78, 5) is 46.6. The van der Waals surface area contributed by atoms with Crippen LogP contribution < -0.4 is 4.90 Å². The molecule has 0 N–H and O–H groups in total. The first kappa shape index (κ1) is 30.1. The lowest BCUT2D eigenvalue weighted by atomic mass is 9.59. The number of hydrogen-bond donors (Lipinski definition) is 0. The highest BCUT2D eigenvalue weighted by Gasteiger charge is 2.82. The molecule has 8 heteroatoms. The molecule has 2 amide bonds. The summed E-state index contributed by atoms with van der Waals surface area (Å²) in [7, 11) is 0. The Morgan fingerprint density at radius 2 is 0.958 bits per heavy atom. The van der Waals surface area contributed by atoms with Crippen LogP contribution in [-0.2, 0) is 31.4 Å². The molecule has 0 aromatic heterocycles. The lowest BCUT2D eigenvalue weighted by molar-refractivity contribution is -0.137. The Labute approximate surface area is 279 Å². The number of carbonyl (C=O) groups excluding carboxylic acids is 3. The molecular weight excluding hydrogens is 635 g/mol. The number of alkyl halides is 3. The molecule has 5 aromatic carbocycles. The summed E-state index contributed by atoms with van der Waals surface area (Å²) < 4.78 is 41.9. The topological polar surface area (TPSA) is 54.5 Å². The first-order valence-electron chi connectivity index (χ1n) is 15.4. The quantitative estimate of drug-likeness (QED) is 0.178. The van der Waals surface area contributed by atoms with Gasteiger partial charge in [-0.1, -0.05) is 133 Å². The fraction of sp³-hybridized carbons (Fsp3) is 0.125. The number of hydrogen-bond acceptors (Lipinski definition) is 3. The van der Waals surface area contributed by atoms with E-state index in [-0.39, 0.29) is 16.5 Å². The molecule has 1 heterocycles. The summed E-state index contributed by atoms with van der Waals surface area (Å²) in [6.07, 6.45) is -4.75.